The van der Waals surface area contributed by atoms with Gasteiger partial charge in [-0.15, -0.1) is 0 Å². The molecule has 0 aliphatic heterocycles. The number of nitrogens with zero attached hydrogens (tertiary/aromatic N) is 8. The van der Waals surface area contributed by atoms with Gasteiger partial charge >= 0.3 is 0 Å². The van der Waals surface area contributed by atoms with E-state index in [1.54, 1.807) is 0 Å². The molecule has 0 N–H and O–H groups in total. The Morgan fingerprint density at radius 2 is 0.471 bits per heavy atom. The molecule has 3 aliphatic carbocycles. The molecule has 14 rings (SSSR count). The van der Waals surface area contributed by atoms with E-state index in [4.69, 9.17) is 29.9 Å². The molecule has 0 saturated heterocycles. The summed E-state index contributed by atoms with van der Waals surface area (Å²) in [5, 5.41) is 0. The minimum atomic E-state index is 0.0125. The van der Waals surface area contributed by atoms with Crippen molar-refractivity contribution in [1.29, 1.82) is 0 Å². The Morgan fingerprint density at radius 3 is 0.838 bits per heavy atom. The third-order valence-electron chi connectivity index (χ3n) is 13.2. The van der Waals surface area contributed by atoms with Crippen LogP contribution >= 0.6 is 0 Å². The average Bonchev–Trinajstić information content (AvgIpc) is 3.43. The Balaban J connectivity index is 0.902. The van der Waals surface area contributed by atoms with Crippen LogP contribution in [0.4, 0.5) is 0 Å². The van der Waals surface area contributed by atoms with E-state index in [1.807, 2.05) is 110 Å². The van der Waals surface area contributed by atoms with Crippen LogP contribution in [-0.4, -0.2) is 39.9 Å². The van der Waals surface area contributed by atoms with E-state index in [0.717, 1.165) is 55.6 Å². The molecule has 8 heteroatoms. The molecule has 0 fully saturated rings. The molecule has 68 heavy (non-hydrogen) atoms. The lowest BCUT2D eigenvalue weighted by atomic mass is 9.61. The smallest absolute Gasteiger partial charge is 0.164 e. The first-order chi connectivity index (χ1) is 33.7. The van der Waals surface area contributed by atoms with Crippen LogP contribution in [0.15, 0.2) is 219 Å². The summed E-state index contributed by atoms with van der Waals surface area (Å²) < 4.78 is 0. The maximum atomic E-state index is 5.17. The second-order valence-corrected chi connectivity index (χ2v) is 17.2. The number of hydrogen-bond donors (Lipinski definition) is 0. The van der Waals surface area contributed by atoms with Crippen LogP contribution in [0, 0.1) is 0 Å². The van der Waals surface area contributed by atoms with Crippen molar-refractivity contribution in [3.05, 3.63) is 252 Å². The predicted molar refractivity (Wildman–Crippen MR) is 267 cm³/mol. The van der Waals surface area contributed by atoms with E-state index < -0.39 is 0 Å². The van der Waals surface area contributed by atoms with Gasteiger partial charge in [-0.3, -0.25) is 9.97 Å². The van der Waals surface area contributed by atoms with Crippen LogP contribution in [-0.2, 0) is 0 Å². The monoisotopic (exact) mass is 870 g/mol. The van der Waals surface area contributed by atoms with Crippen molar-refractivity contribution in [3.8, 4) is 90.6 Å². The Hall–Kier alpha value is -9.14. The molecule has 8 nitrogen and oxygen atoms in total. The van der Waals surface area contributed by atoms with Gasteiger partial charge in [0.2, 0.25) is 0 Å². The molecule has 4 aromatic heterocycles. The first kappa shape index (κ1) is 39.2. The summed E-state index contributed by atoms with van der Waals surface area (Å²) >= 11 is 0. The van der Waals surface area contributed by atoms with Gasteiger partial charge in [0, 0.05) is 70.0 Å². The van der Waals surface area contributed by atoms with Gasteiger partial charge < -0.3 is 0 Å². The Labute approximate surface area is 392 Å². The highest BCUT2D eigenvalue weighted by Gasteiger charge is 2.41. The number of aromatic nitrogens is 8. The molecule has 0 amide bonds. The number of pyridine rings is 2. The van der Waals surface area contributed by atoms with Crippen LogP contribution in [0.5, 0.6) is 0 Å². The van der Waals surface area contributed by atoms with E-state index in [9.17, 15) is 0 Å². The zero-order valence-corrected chi connectivity index (χ0v) is 36.5. The highest BCUT2D eigenvalue weighted by Crippen LogP contribution is 2.56. The van der Waals surface area contributed by atoms with Crippen molar-refractivity contribution in [2.24, 2.45) is 0 Å². The van der Waals surface area contributed by atoms with Gasteiger partial charge in [0.15, 0.2) is 34.9 Å². The number of rotatable bonds is 8. The van der Waals surface area contributed by atoms with Gasteiger partial charge in [-0.25, -0.2) is 29.9 Å². The van der Waals surface area contributed by atoms with Crippen molar-refractivity contribution < 1.29 is 0 Å². The molecule has 0 saturated carbocycles. The normalized spacial score (nSPS) is 14.2. The topological polar surface area (TPSA) is 103 Å². The van der Waals surface area contributed by atoms with Crippen LogP contribution in [0.25, 0.3) is 90.6 Å². The van der Waals surface area contributed by atoms with Crippen LogP contribution in [0.1, 0.15) is 45.2 Å². The second-order valence-electron chi connectivity index (χ2n) is 17.2. The van der Waals surface area contributed by atoms with Gasteiger partial charge in [-0.2, -0.15) is 0 Å². The minimum absolute atomic E-state index is 0.0125. The summed E-state index contributed by atoms with van der Waals surface area (Å²) in [6, 6.07) is 67.5. The van der Waals surface area contributed by atoms with Crippen molar-refractivity contribution in [3.63, 3.8) is 0 Å². The third-order valence-corrected chi connectivity index (χ3v) is 13.2. The largest absolute Gasteiger partial charge is 0.265 e. The standard InChI is InChI=1S/C60H38N8/c1-3-9-41(10-4-1)55-63-57(43-19-15-37(16-20-43)39-27-31-61-32-28-39)67-59(65-55)45-23-25-49-51(35-45)53-47-13-7-8-14-48(47)54(49)52-36-46(24-26-50(52)53)60-66-56(42-11-5-2-6-12-42)64-58(68-60)44-21-17-38(18-22-44)40-29-33-62-34-30-40/h1-36,53-54H. The summed E-state index contributed by atoms with van der Waals surface area (Å²) in [6.45, 7) is 0. The van der Waals surface area contributed by atoms with E-state index in [0.29, 0.717) is 34.9 Å². The zero-order chi connectivity index (χ0) is 45.0. The number of hydrogen-bond acceptors (Lipinski definition) is 8. The fraction of sp³-hybridized carbons (Fsp3) is 0.0333. The highest BCUT2D eigenvalue weighted by molar-refractivity contribution is 5.77. The van der Waals surface area contributed by atoms with Crippen molar-refractivity contribution in [2.45, 2.75) is 11.8 Å². The predicted octanol–water partition coefficient (Wildman–Crippen LogP) is 13.2. The highest BCUT2D eigenvalue weighted by atomic mass is 15.0. The molecular formula is C60H38N8. The second kappa shape index (κ2) is 16.4. The Bertz CT molecular complexity index is 3420. The summed E-state index contributed by atoms with van der Waals surface area (Å²) in [4.78, 5) is 39.0. The summed E-state index contributed by atoms with van der Waals surface area (Å²) in [6.07, 6.45) is 7.25. The van der Waals surface area contributed by atoms with Gasteiger partial charge in [0.1, 0.15) is 0 Å². The molecule has 318 valence electrons. The summed E-state index contributed by atoms with van der Waals surface area (Å²) in [5.74, 6) is 3.79. The minimum Gasteiger partial charge on any atom is -0.265 e. The van der Waals surface area contributed by atoms with E-state index >= 15 is 0 Å². The average molecular weight is 871 g/mol. The Kier molecular flexibility index (Phi) is 9.45. The summed E-state index contributed by atoms with van der Waals surface area (Å²) in [7, 11) is 0. The quantitative estimate of drug-likeness (QED) is 0.149. The molecule has 3 aliphatic rings. The molecule has 2 bridgehead atoms. The van der Waals surface area contributed by atoms with Gasteiger partial charge in [0.25, 0.3) is 0 Å². The number of benzene rings is 7. The molecule has 0 spiro atoms. The zero-order valence-electron chi connectivity index (χ0n) is 36.5. The lowest BCUT2D eigenvalue weighted by molar-refractivity contribution is 0.754. The van der Waals surface area contributed by atoms with E-state index in [1.165, 1.54) is 33.4 Å². The third kappa shape index (κ3) is 6.94. The molecule has 2 unspecified atom stereocenters. The van der Waals surface area contributed by atoms with E-state index in [-0.39, 0.29) is 11.8 Å². The van der Waals surface area contributed by atoms with Gasteiger partial charge in [0.05, 0.1) is 0 Å². The maximum Gasteiger partial charge on any atom is 0.164 e. The van der Waals surface area contributed by atoms with E-state index in [2.05, 4.69) is 119 Å². The first-order valence-electron chi connectivity index (χ1n) is 22.7. The molecule has 11 aromatic rings. The van der Waals surface area contributed by atoms with Crippen molar-refractivity contribution >= 4 is 0 Å². The lowest BCUT2D eigenvalue weighted by Crippen LogP contribution is -2.27. The van der Waals surface area contributed by atoms with Crippen molar-refractivity contribution in [2.75, 3.05) is 0 Å². The Morgan fingerprint density at radius 1 is 0.206 bits per heavy atom. The van der Waals surface area contributed by atoms with Crippen molar-refractivity contribution in [1.82, 2.24) is 39.9 Å². The summed E-state index contributed by atoms with van der Waals surface area (Å²) in [5.41, 5.74) is 17.7. The maximum absolute atomic E-state index is 5.17. The molecule has 7 aromatic carbocycles. The first-order valence-corrected chi connectivity index (χ1v) is 22.7. The van der Waals surface area contributed by atoms with Crippen LogP contribution < -0.4 is 0 Å². The SMILES string of the molecule is c1ccc(-c2nc(-c3ccc(-c4ccncc4)cc3)nc(-c3ccc4c(c3)C3c5ccccc5C4c4cc(-c5nc(-c6ccccc6)nc(-c6ccc(-c7ccncc7)cc6)n5)ccc43)n2)cc1. The fourth-order valence-electron chi connectivity index (χ4n) is 9.91. The van der Waals surface area contributed by atoms with Gasteiger partial charge in [-0.05, 0) is 92.0 Å². The molecular weight excluding hydrogens is 833 g/mol. The molecule has 2 atom stereocenters. The molecule has 4 heterocycles. The van der Waals surface area contributed by atoms with Gasteiger partial charge in [-0.1, -0.05) is 158 Å². The lowest BCUT2D eigenvalue weighted by Gasteiger charge is -2.42. The fourth-order valence-corrected chi connectivity index (χ4v) is 9.91. The van der Waals surface area contributed by atoms with Crippen LogP contribution in [0.3, 0.4) is 0 Å². The molecule has 0 radical (unpaired) electrons. The van der Waals surface area contributed by atoms with Crippen LogP contribution in [0.2, 0.25) is 0 Å².